The van der Waals surface area contributed by atoms with Crippen molar-refractivity contribution in [2.24, 2.45) is 5.73 Å². The Balaban J connectivity index is 2.22. The van der Waals surface area contributed by atoms with Crippen molar-refractivity contribution in [2.75, 3.05) is 0 Å². The van der Waals surface area contributed by atoms with Crippen LogP contribution in [0, 0.1) is 6.92 Å². The number of nitrogens with two attached hydrogens (primary N) is 1. The molecule has 0 saturated carbocycles. The number of hydrogen-bond acceptors (Lipinski definition) is 6. The fraction of sp³-hybridized carbons (Fsp3) is 0.300. The molecule has 2 aromatic rings. The molecule has 0 aliphatic rings. The molecule has 2 heterocycles. The van der Waals surface area contributed by atoms with E-state index in [1.54, 1.807) is 18.4 Å². The fourth-order valence-electron chi connectivity index (χ4n) is 1.56. The van der Waals surface area contributed by atoms with Crippen LogP contribution in [0.3, 0.4) is 0 Å². The van der Waals surface area contributed by atoms with Crippen molar-refractivity contribution in [3.05, 3.63) is 33.8 Å². The van der Waals surface area contributed by atoms with Gasteiger partial charge in [0.05, 0.1) is 12.7 Å². The number of aryl methyl sites for hydroxylation is 1. The highest BCUT2D eigenvalue weighted by molar-refractivity contribution is 7.89. The van der Waals surface area contributed by atoms with Crippen molar-refractivity contribution in [3.63, 3.8) is 0 Å². The maximum atomic E-state index is 12.2. The van der Waals surface area contributed by atoms with E-state index in [4.69, 9.17) is 10.3 Å². The summed E-state index contributed by atoms with van der Waals surface area (Å²) in [5, 5.41) is 5.29. The van der Waals surface area contributed by atoms with Crippen LogP contribution in [0.5, 0.6) is 0 Å². The molecule has 0 aromatic carbocycles. The molecule has 0 aliphatic heterocycles. The molecule has 6 nitrogen and oxygen atoms in total. The molecule has 98 valence electrons. The van der Waals surface area contributed by atoms with E-state index in [0.717, 1.165) is 0 Å². The van der Waals surface area contributed by atoms with E-state index >= 15 is 0 Å². The van der Waals surface area contributed by atoms with E-state index < -0.39 is 10.0 Å². The SMILES string of the molecule is Cc1csc(CN)c1S(=O)(=O)NCc1ccno1. The van der Waals surface area contributed by atoms with Gasteiger partial charge in [-0.15, -0.1) is 11.3 Å². The van der Waals surface area contributed by atoms with Crippen molar-refractivity contribution in [1.29, 1.82) is 0 Å². The predicted octanol–water partition coefficient (Wildman–Crippen LogP) is 0.982. The summed E-state index contributed by atoms with van der Waals surface area (Å²) in [5.74, 6) is 0.459. The van der Waals surface area contributed by atoms with Crippen LogP contribution in [0.4, 0.5) is 0 Å². The normalized spacial score (nSPS) is 11.9. The van der Waals surface area contributed by atoms with Gasteiger partial charge in [-0.3, -0.25) is 0 Å². The zero-order chi connectivity index (χ0) is 13.2. The molecule has 0 saturated heterocycles. The van der Waals surface area contributed by atoms with Gasteiger partial charge in [-0.1, -0.05) is 5.16 Å². The summed E-state index contributed by atoms with van der Waals surface area (Å²) in [6.45, 7) is 2.03. The predicted molar refractivity (Wildman–Crippen MR) is 67.5 cm³/mol. The Morgan fingerprint density at radius 2 is 2.33 bits per heavy atom. The lowest BCUT2D eigenvalue weighted by molar-refractivity contribution is 0.380. The third kappa shape index (κ3) is 2.61. The van der Waals surface area contributed by atoms with Gasteiger partial charge in [-0.25, -0.2) is 13.1 Å². The third-order valence-corrected chi connectivity index (χ3v) is 5.26. The van der Waals surface area contributed by atoms with E-state index in [2.05, 4.69) is 9.88 Å². The van der Waals surface area contributed by atoms with Crippen molar-refractivity contribution in [1.82, 2.24) is 9.88 Å². The van der Waals surface area contributed by atoms with Crippen molar-refractivity contribution < 1.29 is 12.9 Å². The van der Waals surface area contributed by atoms with Gasteiger partial charge in [0.1, 0.15) is 4.90 Å². The molecule has 0 fully saturated rings. The van der Waals surface area contributed by atoms with E-state index in [1.807, 2.05) is 0 Å². The second kappa shape index (κ2) is 5.19. The molecule has 0 bridgehead atoms. The average Bonchev–Trinajstić information content (AvgIpc) is 2.95. The summed E-state index contributed by atoms with van der Waals surface area (Å²) >= 11 is 1.35. The summed E-state index contributed by atoms with van der Waals surface area (Å²) in [6.07, 6.45) is 1.46. The summed E-state index contributed by atoms with van der Waals surface area (Å²) in [6, 6.07) is 1.60. The standard InChI is InChI=1S/C10H13N3O3S2/c1-7-6-17-9(4-11)10(7)18(14,15)13-5-8-2-3-12-16-8/h2-3,6,13H,4-5,11H2,1H3. The van der Waals surface area contributed by atoms with E-state index in [-0.39, 0.29) is 18.0 Å². The van der Waals surface area contributed by atoms with Gasteiger partial charge in [-0.05, 0) is 17.9 Å². The smallest absolute Gasteiger partial charge is 0.242 e. The van der Waals surface area contributed by atoms with Crippen LogP contribution in [-0.4, -0.2) is 13.6 Å². The van der Waals surface area contributed by atoms with Gasteiger partial charge >= 0.3 is 0 Å². The van der Waals surface area contributed by atoms with Crippen LogP contribution < -0.4 is 10.5 Å². The molecule has 8 heteroatoms. The molecule has 2 rings (SSSR count). The van der Waals surface area contributed by atoms with Gasteiger partial charge < -0.3 is 10.3 Å². The second-order valence-electron chi connectivity index (χ2n) is 3.68. The summed E-state index contributed by atoms with van der Waals surface area (Å²) < 4.78 is 31.6. The minimum absolute atomic E-state index is 0.0711. The second-order valence-corrected chi connectivity index (χ2v) is 6.35. The molecule has 0 aliphatic carbocycles. The molecule has 18 heavy (non-hydrogen) atoms. The Labute approximate surface area is 109 Å². The molecule has 0 unspecified atom stereocenters. The highest BCUT2D eigenvalue weighted by atomic mass is 32.2. The molecule has 2 aromatic heterocycles. The van der Waals surface area contributed by atoms with Crippen molar-refractivity contribution in [3.8, 4) is 0 Å². The number of aromatic nitrogens is 1. The average molecular weight is 287 g/mol. The van der Waals surface area contributed by atoms with Gasteiger partial charge in [-0.2, -0.15) is 0 Å². The Hall–Kier alpha value is -1.22. The first-order valence-corrected chi connectivity index (χ1v) is 7.57. The van der Waals surface area contributed by atoms with Crippen molar-refractivity contribution in [2.45, 2.75) is 24.9 Å². The number of nitrogens with one attached hydrogen (secondary N) is 1. The topological polar surface area (TPSA) is 98.2 Å². The largest absolute Gasteiger partial charge is 0.360 e. The lowest BCUT2D eigenvalue weighted by Crippen LogP contribution is -2.24. The lowest BCUT2D eigenvalue weighted by Gasteiger charge is -2.06. The lowest BCUT2D eigenvalue weighted by atomic mass is 10.3. The van der Waals surface area contributed by atoms with Crippen LogP contribution >= 0.6 is 11.3 Å². The summed E-state index contributed by atoms with van der Waals surface area (Å²) in [7, 11) is -3.57. The Morgan fingerprint density at radius 3 is 2.94 bits per heavy atom. The minimum atomic E-state index is -3.57. The number of rotatable bonds is 5. The minimum Gasteiger partial charge on any atom is -0.360 e. The molecule has 3 N–H and O–H groups in total. The summed E-state index contributed by atoms with van der Waals surface area (Å²) in [5.41, 5.74) is 6.24. The van der Waals surface area contributed by atoms with E-state index in [1.165, 1.54) is 17.5 Å². The highest BCUT2D eigenvalue weighted by Crippen LogP contribution is 2.26. The van der Waals surface area contributed by atoms with E-state index in [9.17, 15) is 8.42 Å². The van der Waals surface area contributed by atoms with Gasteiger partial charge in [0.25, 0.3) is 0 Å². The first kappa shape index (κ1) is 13.2. The maximum Gasteiger partial charge on any atom is 0.242 e. The Bertz CT molecular complexity index is 617. The van der Waals surface area contributed by atoms with Crippen LogP contribution in [-0.2, 0) is 23.1 Å². The van der Waals surface area contributed by atoms with Crippen molar-refractivity contribution >= 4 is 21.4 Å². The number of hydrogen-bond donors (Lipinski definition) is 2. The van der Waals surface area contributed by atoms with Gasteiger partial charge in [0.2, 0.25) is 10.0 Å². The first-order chi connectivity index (χ1) is 8.54. The fourth-order valence-corrected chi connectivity index (χ4v) is 4.25. The van der Waals surface area contributed by atoms with Crippen LogP contribution in [0.25, 0.3) is 0 Å². The Kier molecular flexibility index (Phi) is 3.81. The zero-order valence-corrected chi connectivity index (χ0v) is 11.3. The van der Waals surface area contributed by atoms with Crippen LogP contribution in [0.1, 0.15) is 16.2 Å². The van der Waals surface area contributed by atoms with Crippen LogP contribution in [0.2, 0.25) is 0 Å². The quantitative estimate of drug-likeness (QED) is 0.854. The number of thiophene rings is 1. The monoisotopic (exact) mass is 287 g/mol. The highest BCUT2D eigenvalue weighted by Gasteiger charge is 2.22. The third-order valence-electron chi connectivity index (χ3n) is 2.37. The molecule has 0 atom stereocenters. The molecular formula is C10H13N3O3S2. The molecular weight excluding hydrogens is 274 g/mol. The first-order valence-electron chi connectivity index (χ1n) is 5.21. The van der Waals surface area contributed by atoms with Crippen LogP contribution in [0.15, 0.2) is 27.1 Å². The zero-order valence-electron chi connectivity index (χ0n) is 9.71. The molecule has 0 spiro atoms. The molecule has 0 amide bonds. The summed E-state index contributed by atoms with van der Waals surface area (Å²) in [4.78, 5) is 0.923. The van der Waals surface area contributed by atoms with Gasteiger partial charge in [0, 0.05) is 17.5 Å². The number of nitrogens with zero attached hydrogens (tertiary/aromatic N) is 1. The maximum absolute atomic E-state index is 12.2. The molecule has 0 radical (unpaired) electrons. The Morgan fingerprint density at radius 1 is 1.56 bits per heavy atom. The van der Waals surface area contributed by atoms with Gasteiger partial charge in [0.15, 0.2) is 5.76 Å². The van der Waals surface area contributed by atoms with E-state index in [0.29, 0.717) is 16.2 Å². The number of sulfonamides is 1.